The number of rotatable bonds is 7. The number of carboxylic acid groups (broad SMARTS) is 1. The number of ether oxygens (including phenoxy) is 1. The van der Waals surface area contributed by atoms with Crippen molar-refractivity contribution >= 4 is 11.9 Å². The van der Waals surface area contributed by atoms with Crippen molar-refractivity contribution < 1.29 is 28.7 Å². The van der Waals surface area contributed by atoms with Crippen LogP contribution in [0.4, 0.5) is 4.39 Å². The maximum Gasteiger partial charge on any atom is 0.333 e. The Morgan fingerprint density at radius 2 is 2.07 bits per heavy atom. The van der Waals surface area contributed by atoms with Gasteiger partial charge in [0.2, 0.25) is 0 Å². The zero-order valence-corrected chi connectivity index (χ0v) is 15.8. The van der Waals surface area contributed by atoms with Crippen molar-refractivity contribution in [2.75, 3.05) is 6.61 Å². The van der Waals surface area contributed by atoms with Crippen LogP contribution in [-0.4, -0.2) is 34.8 Å². The Balaban J connectivity index is 1.72. The first kappa shape index (κ1) is 19.8. The predicted octanol–water partition coefficient (Wildman–Crippen LogP) is 3.51. The van der Waals surface area contributed by atoms with Gasteiger partial charge in [-0.05, 0) is 48.7 Å². The van der Waals surface area contributed by atoms with Crippen molar-refractivity contribution in [3.8, 4) is 5.75 Å². The quantitative estimate of drug-likeness (QED) is 0.787. The lowest BCUT2D eigenvalue weighted by Crippen LogP contribution is -2.30. The number of aryl methyl sites for hydroxylation is 1. The van der Waals surface area contributed by atoms with E-state index in [4.69, 9.17) is 9.57 Å². The normalized spacial score (nSPS) is 13.8. The number of carbonyl (C=O) groups is 2. The lowest BCUT2D eigenvalue weighted by molar-refractivity contribution is -0.150. The molecule has 2 aromatic rings. The van der Waals surface area contributed by atoms with E-state index >= 15 is 0 Å². The fraction of sp³-hybridized carbons (Fsp3) is 0.333. The number of hydrogen-bond donors (Lipinski definition) is 1. The van der Waals surface area contributed by atoms with Crippen molar-refractivity contribution in [2.24, 2.45) is 0 Å². The minimum atomic E-state index is -1.02. The second-order valence-electron chi connectivity index (χ2n) is 6.76. The molecule has 1 amide bonds. The van der Waals surface area contributed by atoms with E-state index in [2.05, 4.69) is 0 Å². The molecule has 1 aliphatic rings. The molecule has 0 spiro atoms. The Hall–Kier alpha value is -2.93. The van der Waals surface area contributed by atoms with Crippen LogP contribution in [0, 0.1) is 12.7 Å². The maximum atomic E-state index is 14.1. The van der Waals surface area contributed by atoms with Crippen molar-refractivity contribution in [1.82, 2.24) is 5.06 Å². The molecule has 1 atom stereocenters. The minimum Gasteiger partial charge on any atom is -0.479 e. The molecule has 3 rings (SSSR count). The van der Waals surface area contributed by atoms with Crippen LogP contribution < -0.4 is 4.84 Å². The number of aliphatic carboxylic acids is 1. The van der Waals surface area contributed by atoms with Gasteiger partial charge in [-0.2, -0.15) is 5.06 Å². The number of nitrogens with zero attached hydrogens (tertiary/aromatic N) is 1. The van der Waals surface area contributed by atoms with Gasteiger partial charge in [0.05, 0.1) is 12.1 Å². The summed E-state index contributed by atoms with van der Waals surface area (Å²) in [5.74, 6) is -1.68. The number of benzene rings is 2. The molecule has 0 bridgehead atoms. The Bertz CT molecular complexity index is 898. The highest BCUT2D eigenvalue weighted by atomic mass is 19.1. The van der Waals surface area contributed by atoms with Crippen molar-refractivity contribution in [3.63, 3.8) is 0 Å². The Kier molecular flexibility index (Phi) is 5.94. The molecule has 2 aromatic carbocycles. The topological polar surface area (TPSA) is 76.1 Å². The standard InChI is InChI=1S/C21H22FNO5/c1-3-8-27-19(21(25)26)11-14-5-7-18-15(10-14)12-23(28-18)20(24)16-6-4-13(2)9-17(16)22/h4-7,9-10,19H,3,8,11-12H2,1-2H3,(H,25,26). The lowest BCUT2D eigenvalue weighted by atomic mass is 10.0. The Morgan fingerprint density at radius 3 is 2.75 bits per heavy atom. The highest BCUT2D eigenvalue weighted by molar-refractivity contribution is 5.94. The van der Waals surface area contributed by atoms with Gasteiger partial charge in [-0.3, -0.25) is 4.79 Å². The molecule has 28 heavy (non-hydrogen) atoms. The maximum absolute atomic E-state index is 14.1. The second-order valence-corrected chi connectivity index (χ2v) is 6.76. The summed E-state index contributed by atoms with van der Waals surface area (Å²) in [5, 5.41) is 10.4. The van der Waals surface area contributed by atoms with Gasteiger partial charge in [-0.15, -0.1) is 0 Å². The summed E-state index contributed by atoms with van der Waals surface area (Å²) >= 11 is 0. The summed E-state index contributed by atoms with van der Waals surface area (Å²) in [5.41, 5.74) is 2.17. The van der Waals surface area contributed by atoms with E-state index < -0.39 is 23.8 Å². The molecular weight excluding hydrogens is 365 g/mol. The monoisotopic (exact) mass is 387 g/mol. The predicted molar refractivity (Wildman–Crippen MR) is 99.5 cm³/mol. The third kappa shape index (κ3) is 4.31. The largest absolute Gasteiger partial charge is 0.479 e. The van der Waals surface area contributed by atoms with Gasteiger partial charge in [0.25, 0.3) is 5.91 Å². The van der Waals surface area contributed by atoms with E-state index in [0.717, 1.165) is 28.2 Å². The molecule has 0 fully saturated rings. The molecule has 0 saturated heterocycles. The van der Waals surface area contributed by atoms with Crippen LogP contribution in [0.15, 0.2) is 36.4 Å². The summed E-state index contributed by atoms with van der Waals surface area (Å²) < 4.78 is 19.5. The number of carbonyl (C=O) groups excluding carboxylic acids is 1. The number of amides is 1. The summed E-state index contributed by atoms with van der Waals surface area (Å²) in [7, 11) is 0. The Morgan fingerprint density at radius 1 is 1.29 bits per heavy atom. The van der Waals surface area contributed by atoms with E-state index in [1.54, 1.807) is 31.2 Å². The average Bonchev–Trinajstić information content (AvgIpc) is 3.07. The van der Waals surface area contributed by atoms with Crippen LogP contribution in [0.2, 0.25) is 0 Å². The third-order valence-electron chi connectivity index (χ3n) is 4.45. The molecule has 0 radical (unpaired) electrons. The van der Waals surface area contributed by atoms with E-state index in [9.17, 15) is 19.1 Å². The van der Waals surface area contributed by atoms with Gasteiger partial charge in [-0.25, -0.2) is 9.18 Å². The lowest BCUT2D eigenvalue weighted by Gasteiger charge is -2.15. The summed E-state index contributed by atoms with van der Waals surface area (Å²) in [6.07, 6.45) is 0.0112. The van der Waals surface area contributed by atoms with Crippen LogP contribution in [0.5, 0.6) is 5.75 Å². The molecule has 6 nitrogen and oxygen atoms in total. The first-order valence-electron chi connectivity index (χ1n) is 9.11. The van der Waals surface area contributed by atoms with Crippen LogP contribution in [-0.2, 0) is 22.5 Å². The molecule has 0 aliphatic carbocycles. The molecule has 1 N–H and O–H groups in total. The molecule has 1 aliphatic heterocycles. The van der Waals surface area contributed by atoms with Crippen molar-refractivity contribution in [1.29, 1.82) is 0 Å². The summed E-state index contributed by atoms with van der Waals surface area (Å²) in [6, 6.07) is 9.62. The number of hydroxylamine groups is 2. The molecule has 1 unspecified atom stereocenters. The van der Waals surface area contributed by atoms with E-state index in [1.165, 1.54) is 12.1 Å². The van der Waals surface area contributed by atoms with Gasteiger partial charge in [0, 0.05) is 18.6 Å². The van der Waals surface area contributed by atoms with Gasteiger partial charge in [-0.1, -0.05) is 19.1 Å². The molecule has 148 valence electrons. The molecular formula is C21H22FNO5. The number of carboxylic acids is 1. The van der Waals surface area contributed by atoms with Crippen LogP contribution >= 0.6 is 0 Å². The third-order valence-corrected chi connectivity index (χ3v) is 4.45. The number of fused-ring (bicyclic) bond motifs is 1. The summed E-state index contributed by atoms with van der Waals surface area (Å²) in [4.78, 5) is 29.5. The van der Waals surface area contributed by atoms with Gasteiger partial charge >= 0.3 is 5.97 Å². The number of halogens is 1. The van der Waals surface area contributed by atoms with E-state index in [0.29, 0.717) is 12.4 Å². The molecule has 1 heterocycles. The minimum absolute atomic E-state index is 0.0578. The van der Waals surface area contributed by atoms with Gasteiger partial charge < -0.3 is 14.7 Å². The highest BCUT2D eigenvalue weighted by Crippen LogP contribution is 2.31. The van der Waals surface area contributed by atoms with Crippen LogP contribution in [0.25, 0.3) is 0 Å². The zero-order valence-electron chi connectivity index (χ0n) is 15.8. The van der Waals surface area contributed by atoms with Crippen LogP contribution in [0.3, 0.4) is 0 Å². The summed E-state index contributed by atoms with van der Waals surface area (Å²) in [6.45, 7) is 4.18. The highest BCUT2D eigenvalue weighted by Gasteiger charge is 2.29. The molecule has 0 aromatic heterocycles. The molecule has 0 saturated carbocycles. The fourth-order valence-corrected chi connectivity index (χ4v) is 3.01. The fourth-order valence-electron chi connectivity index (χ4n) is 3.01. The first-order chi connectivity index (χ1) is 13.4. The SMILES string of the molecule is CCCOC(Cc1ccc2c(c1)CN(C(=O)c1ccc(C)cc1F)O2)C(=O)O. The molecule has 7 heteroatoms. The van der Waals surface area contributed by atoms with E-state index in [1.807, 2.05) is 6.92 Å². The Labute approximate surface area is 162 Å². The first-order valence-corrected chi connectivity index (χ1v) is 9.11. The van der Waals surface area contributed by atoms with Crippen LogP contribution in [0.1, 0.15) is 40.4 Å². The number of hydrogen-bond acceptors (Lipinski definition) is 4. The van der Waals surface area contributed by atoms with Crippen molar-refractivity contribution in [2.45, 2.75) is 39.3 Å². The zero-order chi connectivity index (χ0) is 20.3. The second kappa shape index (κ2) is 8.39. The van der Waals surface area contributed by atoms with Gasteiger partial charge in [0.15, 0.2) is 11.9 Å². The average molecular weight is 387 g/mol. The van der Waals surface area contributed by atoms with E-state index in [-0.39, 0.29) is 18.5 Å². The van der Waals surface area contributed by atoms with Crippen molar-refractivity contribution in [3.05, 3.63) is 64.5 Å². The smallest absolute Gasteiger partial charge is 0.333 e. The van der Waals surface area contributed by atoms with Gasteiger partial charge in [0.1, 0.15) is 5.82 Å².